The smallest absolute Gasteiger partial charge is 0.269 e. The van der Waals surface area contributed by atoms with Gasteiger partial charge in [0, 0.05) is 44.7 Å². The predicted octanol–water partition coefficient (Wildman–Crippen LogP) is 6.52. The van der Waals surface area contributed by atoms with E-state index in [1.807, 2.05) is 59.1 Å². The molecule has 0 saturated heterocycles. The van der Waals surface area contributed by atoms with Crippen molar-refractivity contribution in [1.29, 1.82) is 0 Å². The number of amides is 1. The number of hydrogen-bond acceptors (Lipinski definition) is 5. The largest absolute Gasteiger partial charge is 0.322 e. The molecule has 0 atom stereocenters. The van der Waals surface area contributed by atoms with E-state index < -0.39 is 4.92 Å². The lowest BCUT2D eigenvalue weighted by molar-refractivity contribution is -0.384. The van der Waals surface area contributed by atoms with Crippen molar-refractivity contribution in [2.75, 3.05) is 5.32 Å². The molecule has 0 aliphatic heterocycles. The highest BCUT2D eigenvalue weighted by Crippen LogP contribution is 2.32. The maximum Gasteiger partial charge on any atom is 0.269 e. The Morgan fingerprint density at radius 2 is 1.64 bits per heavy atom. The molecule has 0 aliphatic rings. The number of rotatable bonds is 4. The van der Waals surface area contributed by atoms with Crippen LogP contribution >= 0.6 is 11.6 Å². The summed E-state index contributed by atoms with van der Waals surface area (Å²) in [5.41, 5.74) is 4.71. The molecule has 8 nitrogen and oxygen atoms in total. The van der Waals surface area contributed by atoms with Gasteiger partial charge in [0.15, 0.2) is 5.65 Å². The Bertz CT molecular complexity index is 1810. The van der Waals surface area contributed by atoms with Gasteiger partial charge in [0.25, 0.3) is 11.6 Å². The summed E-state index contributed by atoms with van der Waals surface area (Å²) in [5, 5.41) is 21.2. The number of nitro groups is 1. The molecule has 0 unspecified atom stereocenters. The molecule has 0 spiro atoms. The van der Waals surface area contributed by atoms with Crippen LogP contribution < -0.4 is 5.32 Å². The van der Waals surface area contributed by atoms with Crippen molar-refractivity contribution in [3.63, 3.8) is 0 Å². The van der Waals surface area contributed by atoms with E-state index in [9.17, 15) is 14.9 Å². The molecular weight excluding hydrogens is 478 g/mol. The lowest BCUT2D eigenvalue weighted by Gasteiger charge is -2.08. The van der Waals surface area contributed by atoms with Crippen molar-refractivity contribution in [3.8, 4) is 11.3 Å². The highest BCUT2D eigenvalue weighted by molar-refractivity contribution is 6.30. The Morgan fingerprint density at radius 1 is 0.917 bits per heavy atom. The molecule has 0 bridgehead atoms. The zero-order valence-electron chi connectivity index (χ0n) is 18.6. The third-order valence-corrected chi connectivity index (χ3v) is 6.22. The fraction of sp³-hybridized carbons (Fsp3) is 0. The molecule has 4 aromatic carbocycles. The number of imidazole rings is 1. The molecule has 174 valence electrons. The number of nitrogens with zero attached hydrogens (tertiary/aromatic N) is 4. The van der Waals surface area contributed by atoms with Gasteiger partial charge in [-0.2, -0.15) is 5.10 Å². The van der Waals surface area contributed by atoms with Gasteiger partial charge in [-0.05, 0) is 42.5 Å². The van der Waals surface area contributed by atoms with Gasteiger partial charge in [0.1, 0.15) is 0 Å². The fourth-order valence-electron chi connectivity index (χ4n) is 4.22. The molecular formula is C27H16ClN5O3. The summed E-state index contributed by atoms with van der Waals surface area (Å²) in [6.45, 7) is 0. The van der Waals surface area contributed by atoms with Crippen LogP contribution in [0.2, 0.25) is 5.02 Å². The lowest BCUT2D eigenvalue weighted by atomic mass is 10.1. The van der Waals surface area contributed by atoms with Crippen molar-refractivity contribution >= 4 is 56.3 Å². The van der Waals surface area contributed by atoms with E-state index in [1.165, 1.54) is 24.3 Å². The molecule has 0 fully saturated rings. The van der Waals surface area contributed by atoms with Crippen LogP contribution in [0.25, 0.3) is 38.7 Å². The minimum Gasteiger partial charge on any atom is -0.322 e. The van der Waals surface area contributed by atoms with E-state index in [-0.39, 0.29) is 11.6 Å². The quantitative estimate of drug-likeness (QED) is 0.222. The van der Waals surface area contributed by atoms with Crippen LogP contribution in [0, 0.1) is 10.1 Å². The van der Waals surface area contributed by atoms with Crippen LogP contribution in [0.5, 0.6) is 0 Å². The van der Waals surface area contributed by atoms with E-state index in [4.69, 9.17) is 21.7 Å². The Morgan fingerprint density at radius 3 is 2.36 bits per heavy atom. The maximum absolute atomic E-state index is 12.7. The number of benzene rings is 4. The van der Waals surface area contributed by atoms with Crippen LogP contribution in [0.4, 0.5) is 11.4 Å². The van der Waals surface area contributed by atoms with E-state index in [2.05, 4.69) is 5.32 Å². The number of carbonyl (C=O) groups is 1. The Balaban J connectivity index is 1.43. The third-order valence-electron chi connectivity index (χ3n) is 5.97. The number of nitrogens with one attached hydrogen (secondary N) is 1. The van der Waals surface area contributed by atoms with Gasteiger partial charge in [-0.1, -0.05) is 48.0 Å². The first-order valence-electron chi connectivity index (χ1n) is 11.0. The number of fused-ring (bicyclic) bond motifs is 5. The van der Waals surface area contributed by atoms with Crippen LogP contribution in [0.15, 0.2) is 91.0 Å². The zero-order chi connectivity index (χ0) is 24.8. The molecule has 6 aromatic rings. The summed E-state index contributed by atoms with van der Waals surface area (Å²) >= 11 is 6.09. The van der Waals surface area contributed by atoms with Crippen molar-refractivity contribution in [3.05, 3.63) is 112 Å². The van der Waals surface area contributed by atoms with E-state index in [1.54, 1.807) is 12.1 Å². The number of nitro benzene ring substituents is 1. The molecule has 0 aliphatic carbocycles. The molecule has 9 heteroatoms. The molecule has 1 N–H and O–H groups in total. The van der Waals surface area contributed by atoms with Crippen molar-refractivity contribution in [2.45, 2.75) is 0 Å². The second kappa shape index (κ2) is 8.44. The van der Waals surface area contributed by atoms with E-state index in [0.717, 1.165) is 27.5 Å². The number of halogens is 1. The number of aromatic nitrogens is 3. The van der Waals surface area contributed by atoms with Crippen molar-refractivity contribution < 1.29 is 9.72 Å². The maximum atomic E-state index is 12.7. The number of anilines is 1. The molecule has 0 saturated carbocycles. The molecule has 36 heavy (non-hydrogen) atoms. The molecule has 1 amide bonds. The molecule has 2 aromatic heterocycles. The van der Waals surface area contributed by atoms with Crippen LogP contribution in [-0.4, -0.2) is 25.4 Å². The highest BCUT2D eigenvalue weighted by atomic mass is 35.5. The third kappa shape index (κ3) is 3.70. The monoisotopic (exact) mass is 493 g/mol. The van der Waals surface area contributed by atoms with Gasteiger partial charge in [-0.15, -0.1) is 0 Å². The van der Waals surface area contributed by atoms with Crippen molar-refractivity contribution in [1.82, 2.24) is 14.6 Å². The van der Waals surface area contributed by atoms with Crippen LogP contribution in [0.3, 0.4) is 0 Å². The molecule has 0 radical (unpaired) electrons. The normalized spacial score (nSPS) is 11.2. The summed E-state index contributed by atoms with van der Waals surface area (Å²) < 4.78 is 1.81. The highest BCUT2D eigenvalue weighted by Gasteiger charge is 2.16. The number of hydrogen-bond donors (Lipinski definition) is 1. The first-order valence-corrected chi connectivity index (χ1v) is 11.4. The minimum absolute atomic E-state index is 0.0737. The Kier molecular flexibility index (Phi) is 5.09. The second-order valence-corrected chi connectivity index (χ2v) is 8.65. The summed E-state index contributed by atoms with van der Waals surface area (Å²) in [6, 6.07) is 26.4. The summed E-state index contributed by atoms with van der Waals surface area (Å²) in [5.74, 6) is -0.374. The zero-order valence-corrected chi connectivity index (χ0v) is 19.3. The SMILES string of the molecule is O=C(Nc1ccc2c(c1)nc1c3ccccc3c(-c3ccc(Cl)cc3)nn21)c1ccc([N+](=O)[O-])cc1. The number of carbonyl (C=O) groups excluding carboxylic acids is 1. The first-order chi connectivity index (χ1) is 17.5. The standard InChI is InChI=1S/C27H16ClN5O3/c28-18-9-5-16(6-10-18)25-21-3-1-2-4-22(21)26-30-23-15-19(11-14-24(23)32(26)31-25)29-27(34)17-7-12-20(13-8-17)33(35)36/h1-15H,(H,29,34). The summed E-state index contributed by atoms with van der Waals surface area (Å²) in [7, 11) is 0. The van der Waals surface area contributed by atoms with Gasteiger partial charge in [-0.25, -0.2) is 9.50 Å². The summed E-state index contributed by atoms with van der Waals surface area (Å²) in [6.07, 6.45) is 0. The van der Waals surface area contributed by atoms with E-state index >= 15 is 0 Å². The van der Waals surface area contributed by atoms with Crippen molar-refractivity contribution in [2.24, 2.45) is 0 Å². The lowest BCUT2D eigenvalue weighted by Crippen LogP contribution is -2.11. The topological polar surface area (TPSA) is 102 Å². The van der Waals surface area contributed by atoms with Gasteiger partial charge in [-0.3, -0.25) is 14.9 Å². The summed E-state index contributed by atoms with van der Waals surface area (Å²) in [4.78, 5) is 27.8. The first kappa shape index (κ1) is 21.7. The fourth-order valence-corrected chi connectivity index (χ4v) is 4.34. The van der Waals surface area contributed by atoms with Crippen LogP contribution in [0.1, 0.15) is 10.4 Å². The van der Waals surface area contributed by atoms with Gasteiger partial charge < -0.3 is 5.32 Å². The van der Waals surface area contributed by atoms with Gasteiger partial charge in [0.05, 0.1) is 21.7 Å². The average molecular weight is 494 g/mol. The van der Waals surface area contributed by atoms with Gasteiger partial charge >= 0.3 is 0 Å². The Labute approximate surface area is 208 Å². The average Bonchev–Trinajstić information content (AvgIpc) is 3.27. The van der Waals surface area contributed by atoms with E-state index in [0.29, 0.717) is 27.4 Å². The van der Waals surface area contributed by atoms with Gasteiger partial charge in [0.2, 0.25) is 0 Å². The molecule has 2 heterocycles. The predicted molar refractivity (Wildman–Crippen MR) is 139 cm³/mol. The number of non-ortho nitro benzene ring substituents is 1. The minimum atomic E-state index is -0.505. The van der Waals surface area contributed by atoms with Crippen LogP contribution in [-0.2, 0) is 0 Å². The molecule has 6 rings (SSSR count). The second-order valence-electron chi connectivity index (χ2n) is 8.21. The Hall–Kier alpha value is -4.82.